The highest BCUT2D eigenvalue weighted by Crippen LogP contribution is 2.21. The Labute approximate surface area is 137 Å². The van der Waals surface area contributed by atoms with Crippen LogP contribution in [0.15, 0.2) is 28.8 Å². The minimum Gasteiger partial charge on any atom is -0.338 e. The van der Waals surface area contributed by atoms with Crippen molar-refractivity contribution in [3.05, 3.63) is 46.6 Å². The first-order valence-electron chi connectivity index (χ1n) is 7.28. The molecule has 0 bridgehead atoms. The highest BCUT2D eigenvalue weighted by molar-refractivity contribution is 7.85. The first-order chi connectivity index (χ1) is 10.6. The monoisotopic (exact) mass is 339 g/mol. The second kappa shape index (κ2) is 6.89. The molecule has 2 aromatic rings. The van der Waals surface area contributed by atoms with Gasteiger partial charge in [0, 0.05) is 46.8 Å². The largest absolute Gasteiger partial charge is 0.338 e. The molecule has 1 aromatic carbocycles. The Kier molecular flexibility index (Phi) is 4.90. The summed E-state index contributed by atoms with van der Waals surface area (Å²) in [6.45, 7) is 3.67. The second-order valence-electron chi connectivity index (χ2n) is 5.41. The summed E-state index contributed by atoms with van der Waals surface area (Å²) < 4.78 is 16.8. The SMILES string of the molecule is C[C@@H](c1nc(Cc2ccc(Cl)cc2)no1)N1CCS(=O)CC1. The number of benzene rings is 1. The predicted octanol–water partition coefficient (Wildman–Crippen LogP) is 2.44. The number of aromatic nitrogens is 2. The van der Waals surface area contributed by atoms with E-state index in [2.05, 4.69) is 15.0 Å². The van der Waals surface area contributed by atoms with Gasteiger partial charge < -0.3 is 4.52 Å². The molecule has 1 aliphatic rings. The van der Waals surface area contributed by atoms with Gasteiger partial charge in [0.05, 0.1) is 6.04 Å². The number of hydrogen-bond acceptors (Lipinski definition) is 5. The van der Waals surface area contributed by atoms with Crippen LogP contribution >= 0.6 is 11.6 Å². The molecule has 0 radical (unpaired) electrons. The lowest BCUT2D eigenvalue weighted by Crippen LogP contribution is -2.39. The number of halogens is 1. The minimum atomic E-state index is -0.676. The third-order valence-electron chi connectivity index (χ3n) is 3.88. The maximum absolute atomic E-state index is 11.4. The van der Waals surface area contributed by atoms with Crippen molar-refractivity contribution in [1.29, 1.82) is 0 Å². The number of hydrogen-bond donors (Lipinski definition) is 0. The predicted molar refractivity (Wildman–Crippen MR) is 86.4 cm³/mol. The van der Waals surface area contributed by atoms with Crippen LogP contribution in [0.1, 0.15) is 30.2 Å². The van der Waals surface area contributed by atoms with Gasteiger partial charge in [-0.3, -0.25) is 9.11 Å². The van der Waals surface area contributed by atoms with Crippen LogP contribution in [0.3, 0.4) is 0 Å². The van der Waals surface area contributed by atoms with Crippen molar-refractivity contribution in [2.24, 2.45) is 0 Å². The van der Waals surface area contributed by atoms with Crippen LogP contribution in [-0.4, -0.2) is 43.8 Å². The molecule has 1 fully saturated rings. The molecule has 1 aliphatic heterocycles. The third kappa shape index (κ3) is 3.74. The lowest BCUT2D eigenvalue weighted by Gasteiger charge is -2.29. The summed E-state index contributed by atoms with van der Waals surface area (Å²) in [5.41, 5.74) is 1.10. The zero-order valence-electron chi connectivity index (χ0n) is 12.4. The van der Waals surface area contributed by atoms with Gasteiger partial charge in [0.25, 0.3) is 0 Å². The van der Waals surface area contributed by atoms with Crippen molar-refractivity contribution in [3.8, 4) is 0 Å². The first-order valence-corrected chi connectivity index (χ1v) is 9.14. The van der Waals surface area contributed by atoms with Gasteiger partial charge in [-0.1, -0.05) is 28.9 Å². The van der Waals surface area contributed by atoms with Gasteiger partial charge in [-0.05, 0) is 24.6 Å². The van der Waals surface area contributed by atoms with Crippen molar-refractivity contribution in [3.63, 3.8) is 0 Å². The fraction of sp³-hybridized carbons (Fsp3) is 0.467. The Morgan fingerprint density at radius 2 is 2.00 bits per heavy atom. The maximum atomic E-state index is 11.4. The lowest BCUT2D eigenvalue weighted by molar-refractivity contribution is 0.187. The lowest BCUT2D eigenvalue weighted by atomic mass is 10.1. The van der Waals surface area contributed by atoms with E-state index in [0.29, 0.717) is 23.2 Å². The fourth-order valence-electron chi connectivity index (χ4n) is 2.49. The molecular formula is C15H18ClN3O2S. The third-order valence-corrected chi connectivity index (χ3v) is 5.40. The first kappa shape index (κ1) is 15.6. The highest BCUT2D eigenvalue weighted by atomic mass is 35.5. The molecule has 2 heterocycles. The van der Waals surface area contributed by atoms with E-state index in [1.165, 1.54) is 0 Å². The summed E-state index contributed by atoms with van der Waals surface area (Å²) in [4.78, 5) is 6.73. The van der Waals surface area contributed by atoms with E-state index in [4.69, 9.17) is 16.1 Å². The molecule has 0 aliphatic carbocycles. The summed E-state index contributed by atoms with van der Waals surface area (Å²) in [5.74, 6) is 2.73. The van der Waals surface area contributed by atoms with E-state index in [1.807, 2.05) is 31.2 Å². The Bertz CT molecular complexity index is 649. The molecule has 1 saturated heterocycles. The van der Waals surface area contributed by atoms with Gasteiger partial charge in [0.2, 0.25) is 5.89 Å². The number of nitrogens with zero attached hydrogens (tertiary/aromatic N) is 3. The van der Waals surface area contributed by atoms with Crippen LogP contribution in [0.4, 0.5) is 0 Å². The number of rotatable bonds is 4. The molecule has 7 heteroatoms. The summed E-state index contributed by atoms with van der Waals surface area (Å²) in [5, 5.41) is 4.78. The van der Waals surface area contributed by atoms with Crippen LogP contribution in [-0.2, 0) is 17.2 Å². The molecule has 118 valence electrons. The Morgan fingerprint density at radius 3 is 2.68 bits per heavy atom. The zero-order valence-corrected chi connectivity index (χ0v) is 13.9. The quantitative estimate of drug-likeness (QED) is 0.856. The summed E-state index contributed by atoms with van der Waals surface area (Å²) >= 11 is 5.88. The molecular weight excluding hydrogens is 322 g/mol. The average molecular weight is 340 g/mol. The molecule has 0 saturated carbocycles. The molecule has 3 rings (SSSR count). The zero-order chi connectivity index (χ0) is 15.5. The standard InChI is InChI=1S/C15H18ClN3O2S/c1-11(19-6-8-22(20)9-7-19)15-17-14(18-21-15)10-12-2-4-13(16)5-3-12/h2-5,11H,6-10H2,1H3/t11-/m0/s1. The molecule has 0 amide bonds. The van der Waals surface area contributed by atoms with E-state index < -0.39 is 10.8 Å². The Morgan fingerprint density at radius 1 is 1.32 bits per heavy atom. The van der Waals surface area contributed by atoms with Crippen LogP contribution in [0.5, 0.6) is 0 Å². The van der Waals surface area contributed by atoms with Crippen molar-refractivity contribution < 1.29 is 8.73 Å². The highest BCUT2D eigenvalue weighted by Gasteiger charge is 2.25. The van der Waals surface area contributed by atoms with Crippen molar-refractivity contribution >= 4 is 22.4 Å². The van der Waals surface area contributed by atoms with E-state index in [0.717, 1.165) is 30.2 Å². The van der Waals surface area contributed by atoms with Gasteiger partial charge in [0.15, 0.2) is 5.82 Å². The van der Waals surface area contributed by atoms with Crippen LogP contribution in [0.25, 0.3) is 0 Å². The van der Waals surface area contributed by atoms with Crippen molar-refractivity contribution in [2.45, 2.75) is 19.4 Å². The van der Waals surface area contributed by atoms with Crippen LogP contribution in [0, 0.1) is 0 Å². The molecule has 1 aromatic heterocycles. The summed E-state index contributed by atoms with van der Waals surface area (Å²) in [6, 6.07) is 7.69. The van der Waals surface area contributed by atoms with Gasteiger partial charge in [-0.2, -0.15) is 4.98 Å². The van der Waals surface area contributed by atoms with Gasteiger partial charge >= 0.3 is 0 Å². The molecule has 1 atom stereocenters. The van der Waals surface area contributed by atoms with Gasteiger partial charge in [-0.25, -0.2) is 0 Å². The fourth-order valence-corrected chi connectivity index (χ4v) is 3.70. The van der Waals surface area contributed by atoms with Crippen molar-refractivity contribution in [1.82, 2.24) is 15.0 Å². The molecule has 0 unspecified atom stereocenters. The Balaban J connectivity index is 1.65. The molecule has 0 N–H and O–H groups in total. The molecule has 22 heavy (non-hydrogen) atoms. The van der Waals surface area contributed by atoms with E-state index in [9.17, 15) is 4.21 Å². The van der Waals surface area contributed by atoms with Crippen molar-refractivity contribution in [2.75, 3.05) is 24.6 Å². The van der Waals surface area contributed by atoms with Crippen LogP contribution < -0.4 is 0 Å². The van der Waals surface area contributed by atoms with Gasteiger partial charge in [0.1, 0.15) is 0 Å². The summed E-state index contributed by atoms with van der Waals surface area (Å²) in [7, 11) is -0.676. The minimum absolute atomic E-state index is 0.0590. The summed E-state index contributed by atoms with van der Waals surface area (Å²) in [6.07, 6.45) is 0.622. The molecule has 5 nitrogen and oxygen atoms in total. The molecule has 0 spiro atoms. The van der Waals surface area contributed by atoms with E-state index in [-0.39, 0.29) is 6.04 Å². The average Bonchev–Trinajstić information content (AvgIpc) is 2.98. The normalized spacial score (nSPS) is 18.5. The Hall–Kier alpha value is -1.24. The van der Waals surface area contributed by atoms with Crippen LogP contribution in [0.2, 0.25) is 5.02 Å². The maximum Gasteiger partial charge on any atom is 0.243 e. The van der Waals surface area contributed by atoms with E-state index >= 15 is 0 Å². The second-order valence-corrected chi connectivity index (χ2v) is 7.54. The topological polar surface area (TPSA) is 59.2 Å². The van der Waals surface area contributed by atoms with E-state index in [1.54, 1.807) is 0 Å². The van der Waals surface area contributed by atoms with Gasteiger partial charge in [-0.15, -0.1) is 0 Å². The smallest absolute Gasteiger partial charge is 0.243 e.